The Balaban J connectivity index is 1.62. The molecule has 0 bridgehead atoms. The van der Waals surface area contributed by atoms with Gasteiger partial charge in [-0.2, -0.15) is 0 Å². The van der Waals surface area contributed by atoms with Crippen LogP contribution in [0.25, 0.3) is 10.8 Å². The van der Waals surface area contributed by atoms with E-state index in [1.54, 1.807) is 19.2 Å². The molecule has 0 aliphatic carbocycles. The first-order valence-corrected chi connectivity index (χ1v) is 8.22. The Morgan fingerprint density at radius 3 is 2.36 bits per heavy atom. The lowest BCUT2D eigenvalue weighted by Gasteiger charge is -2.08. The third kappa shape index (κ3) is 4.04. The summed E-state index contributed by atoms with van der Waals surface area (Å²) in [6.45, 7) is 0.442. The maximum absolute atomic E-state index is 12.3. The molecule has 3 rings (SSSR count). The van der Waals surface area contributed by atoms with Crippen molar-refractivity contribution in [3.63, 3.8) is 0 Å². The molecule has 0 radical (unpaired) electrons. The minimum Gasteiger partial charge on any atom is -0.355 e. The number of carbonyl (C=O) groups excluding carboxylic acids is 2. The van der Waals surface area contributed by atoms with E-state index in [0.717, 1.165) is 21.9 Å². The van der Waals surface area contributed by atoms with Crippen LogP contribution in [0.4, 0.5) is 0 Å². The topological polar surface area (TPSA) is 58.2 Å². The third-order valence-corrected chi connectivity index (χ3v) is 4.16. The Hall–Kier alpha value is -3.14. The van der Waals surface area contributed by atoms with Gasteiger partial charge < -0.3 is 10.6 Å². The van der Waals surface area contributed by atoms with Gasteiger partial charge in [0.05, 0.1) is 6.42 Å². The van der Waals surface area contributed by atoms with Gasteiger partial charge in [0.25, 0.3) is 5.91 Å². The Bertz CT molecular complexity index is 896. The number of carbonyl (C=O) groups is 2. The number of benzene rings is 3. The van der Waals surface area contributed by atoms with E-state index in [2.05, 4.69) is 10.6 Å². The largest absolute Gasteiger partial charge is 0.355 e. The molecule has 126 valence electrons. The standard InChI is InChI=1S/C21H20N2O2/c1-22-21(25)17-11-9-15(10-12-17)14-23-20(24)13-18-7-4-6-16-5-2-3-8-19(16)18/h2-12H,13-14H2,1H3,(H,22,25)(H,23,24). The number of hydrogen-bond acceptors (Lipinski definition) is 2. The Kier molecular flexibility index (Phi) is 5.09. The highest BCUT2D eigenvalue weighted by Gasteiger charge is 2.07. The van der Waals surface area contributed by atoms with Crippen LogP contribution in [0.5, 0.6) is 0 Å². The Morgan fingerprint density at radius 1 is 0.880 bits per heavy atom. The van der Waals surface area contributed by atoms with Crippen LogP contribution in [-0.4, -0.2) is 18.9 Å². The van der Waals surface area contributed by atoms with E-state index in [9.17, 15) is 9.59 Å². The molecule has 0 saturated heterocycles. The first kappa shape index (κ1) is 16.7. The molecule has 0 heterocycles. The van der Waals surface area contributed by atoms with Gasteiger partial charge in [-0.15, -0.1) is 0 Å². The van der Waals surface area contributed by atoms with Gasteiger partial charge in [0, 0.05) is 19.2 Å². The van der Waals surface area contributed by atoms with Crippen molar-refractivity contribution in [2.45, 2.75) is 13.0 Å². The molecule has 0 saturated carbocycles. The van der Waals surface area contributed by atoms with Crippen molar-refractivity contribution in [2.75, 3.05) is 7.05 Å². The van der Waals surface area contributed by atoms with E-state index in [0.29, 0.717) is 18.5 Å². The van der Waals surface area contributed by atoms with Crippen LogP contribution in [0, 0.1) is 0 Å². The molecule has 4 nitrogen and oxygen atoms in total. The molecule has 3 aromatic carbocycles. The lowest BCUT2D eigenvalue weighted by molar-refractivity contribution is -0.120. The zero-order valence-corrected chi connectivity index (χ0v) is 14.1. The summed E-state index contributed by atoms with van der Waals surface area (Å²) < 4.78 is 0. The maximum Gasteiger partial charge on any atom is 0.251 e. The summed E-state index contributed by atoms with van der Waals surface area (Å²) in [7, 11) is 1.60. The number of amides is 2. The SMILES string of the molecule is CNC(=O)c1ccc(CNC(=O)Cc2cccc3ccccc23)cc1. The third-order valence-electron chi connectivity index (χ3n) is 4.16. The zero-order valence-electron chi connectivity index (χ0n) is 14.1. The van der Waals surface area contributed by atoms with Gasteiger partial charge in [0.1, 0.15) is 0 Å². The molecule has 3 aromatic rings. The second kappa shape index (κ2) is 7.62. The normalized spacial score (nSPS) is 10.4. The van der Waals surface area contributed by atoms with E-state index >= 15 is 0 Å². The molecule has 0 spiro atoms. The van der Waals surface area contributed by atoms with E-state index in [1.165, 1.54) is 0 Å². The van der Waals surface area contributed by atoms with Crippen molar-refractivity contribution in [1.29, 1.82) is 0 Å². The molecule has 0 fully saturated rings. The van der Waals surface area contributed by atoms with E-state index in [1.807, 2.05) is 54.6 Å². The van der Waals surface area contributed by atoms with Crippen LogP contribution >= 0.6 is 0 Å². The van der Waals surface area contributed by atoms with E-state index in [-0.39, 0.29) is 11.8 Å². The molecule has 0 aliphatic heterocycles. The summed E-state index contributed by atoms with van der Waals surface area (Å²) in [5, 5.41) is 7.76. The highest BCUT2D eigenvalue weighted by molar-refractivity contribution is 5.94. The number of hydrogen-bond donors (Lipinski definition) is 2. The summed E-state index contributed by atoms with van der Waals surface area (Å²) in [5.74, 6) is -0.140. The van der Waals surface area contributed by atoms with Gasteiger partial charge in [-0.1, -0.05) is 54.6 Å². The molecular weight excluding hydrogens is 312 g/mol. The highest BCUT2D eigenvalue weighted by Crippen LogP contribution is 2.18. The first-order valence-electron chi connectivity index (χ1n) is 8.22. The average molecular weight is 332 g/mol. The van der Waals surface area contributed by atoms with Crippen molar-refractivity contribution < 1.29 is 9.59 Å². The number of rotatable bonds is 5. The summed E-state index contributed by atoms with van der Waals surface area (Å²) in [6.07, 6.45) is 0.345. The predicted molar refractivity (Wildman–Crippen MR) is 99.3 cm³/mol. The minimum atomic E-state index is -0.119. The molecule has 4 heteroatoms. The molecular formula is C21H20N2O2. The summed E-state index contributed by atoms with van der Waals surface area (Å²) in [4.78, 5) is 23.8. The summed E-state index contributed by atoms with van der Waals surface area (Å²) in [5.41, 5.74) is 2.58. The molecule has 2 N–H and O–H groups in total. The van der Waals surface area contributed by atoms with Gasteiger partial charge >= 0.3 is 0 Å². The molecule has 25 heavy (non-hydrogen) atoms. The second-order valence-corrected chi connectivity index (χ2v) is 5.87. The lowest BCUT2D eigenvalue weighted by atomic mass is 10.0. The van der Waals surface area contributed by atoms with Gasteiger partial charge in [-0.05, 0) is 34.0 Å². The van der Waals surface area contributed by atoms with Crippen LogP contribution < -0.4 is 10.6 Å². The predicted octanol–water partition coefficient (Wildman–Crippen LogP) is 3.06. The van der Waals surface area contributed by atoms with E-state index in [4.69, 9.17) is 0 Å². The molecule has 0 aliphatic rings. The zero-order chi connectivity index (χ0) is 17.6. The van der Waals surface area contributed by atoms with Crippen LogP contribution in [0.2, 0.25) is 0 Å². The van der Waals surface area contributed by atoms with Crippen molar-refractivity contribution in [1.82, 2.24) is 10.6 Å². The molecule has 0 aromatic heterocycles. The fraction of sp³-hybridized carbons (Fsp3) is 0.143. The minimum absolute atomic E-state index is 0.0215. The summed E-state index contributed by atoms with van der Waals surface area (Å²) >= 11 is 0. The lowest BCUT2D eigenvalue weighted by Crippen LogP contribution is -2.24. The van der Waals surface area contributed by atoms with Crippen LogP contribution in [-0.2, 0) is 17.8 Å². The molecule has 0 atom stereocenters. The van der Waals surface area contributed by atoms with Gasteiger partial charge in [0.15, 0.2) is 0 Å². The first-order chi connectivity index (χ1) is 12.2. The van der Waals surface area contributed by atoms with Gasteiger partial charge in [-0.3, -0.25) is 9.59 Å². The molecule has 0 unspecified atom stereocenters. The van der Waals surface area contributed by atoms with Gasteiger partial charge in [0.2, 0.25) is 5.91 Å². The fourth-order valence-corrected chi connectivity index (χ4v) is 2.80. The Labute approximate surface area is 146 Å². The Morgan fingerprint density at radius 2 is 1.60 bits per heavy atom. The molecule has 2 amide bonds. The smallest absolute Gasteiger partial charge is 0.251 e. The maximum atomic E-state index is 12.3. The number of nitrogens with one attached hydrogen (secondary N) is 2. The number of fused-ring (bicyclic) bond motifs is 1. The van der Waals surface area contributed by atoms with Crippen molar-refractivity contribution >= 4 is 22.6 Å². The van der Waals surface area contributed by atoms with Crippen molar-refractivity contribution in [3.05, 3.63) is 83.4 Å². The fourth-order valence-electron chi connectivity index (χ4n) is 2.80. The van der Waals surface area contributed by atoms with Crippen LogP contribution in [0.1, 0.15) is 21.5 Å². The summed E-state index contributed by atoms with van der Waals surface area (Å²) in [6, 6.07) is 21.3. The van der Waals surface area contributed by atoms with Crippen molar-refractivity contribution in [2.24, 2.45) is 0 Å². The highest BCUT2D eigenvalue weighted by atomic mass is 16.2. The van der Waals surface area contributed by atoms with Crippen LogP contribution in [0.15, 0.2) is 66.7 Å². The van der Waals surface area contributed by atoms with Crippen LogP contribution in [0.3, 0.4) is 0 Å². The quantitative estimate of drug-likeness (QED) is 0.754. The average Bonchev–Trinajstić information content (AvgIpc) is 2.66. The second-order valence-electron chi connectivity index (χ2n) is 5.87. The monoisotopic (exact) mass is 332 g/mol. The van der Waals surface area contributed by atoms with E-state index < -0.39 is 0 Å². The van der Waals surface area contributed by atoms with Crippen molar-refractivity contribution in [3.8, 4) is 0 Å². The van der Waals surface area contributed by atoms with Gasteiger partial charge in [-0.25, -0.2) is 0 Å².